The van der Waals surface area contributed by atoms with Gasteiger partial charge in [0.25, 0.3) is 0 Å². The molecular formula is C13H17BrO5. The van der Waals surface area contributed by atoms with Crippen LogP contribution in [0.2, 0.25) is 0 Å². The first-order valence-electron chi connectivity index (χ1n) is 5.60. The van der Waals surface area contributed by atoms with Gasteiger partial charge >= 0.3 is 5.97 Å². The lowest BCUT2D eigenvalue weighted by molar-refractivity contribution is -0.122. The van der Waals surface area contributed by atoms with Gasteiger partial charge in [-0.05, 0) is 19.1 Å². The van der Waals surface area contributed by atoms with Crippen molar-refractivity contribution in [3.05, 3.63) is 27.7 Å². The highest BCUT2D eigenvalue weighted by Gasteiger charge is 2.16. The van der Waals surface area contributed by atoms with Gasteiger partial charge in [0.05, 0.1) is 12.7 Å². The summed E-state index contributed by atoms with van der Waals surface area (Å²) in [6, 6.07) is 3.47. The smallest absolute Gasteiger partial charge is 0.338 e. The lowest BCUT2D eigenvalue weighted by Gasteiger charge is -2.17. The van der Waals surface area contributed by atoms with E-state index in [-0.39, 0.29) is 6.61 Å². The summed E-state index contributed by atoms with van der Waals surface area (Å²) in [6.07, 6.45) is -0.458. The van der Waals surface area contributed by atoms with E-state index >= 15 is 0 Å². The van der Waals surface area contributed by atoms with Crippen LogP contribution in [-0.4, -0.2) is 40.2 Å². The van der Waals surface area contributed by atoms with Gasteiger partial charge in [-0.15, -0.1) is 0 Å². The van der Waals surface area contributed by atoms with Crippen molar-refractivity contribution < 1.29 is 23.7 Å². The van der Waals surface area contributed by atoms with Crippen molar-refractivity contribution in [2.45, 2.75) is 13.2 Å². The van der Waals surface area contributed by atoms with Gasteiger partial charge in [-0.25, -0.2) is 4.79 Å². The van der Waals surface area contributed by atoms with Crippen molar-refractivity contribution in [1.29, 1.82) is 0 Å². The number of rotatable bonds is 6. The zero-order valence-corrected chi connectivity index (χ0v) is 12.9. The summed E-state index contributed by atoms with van der Waals surface area (Å²) in [7, 11) is 4.41. The zero-order valence-electron chi connectivity index (χ0n) is 11.4. The Morgan fingerprint density at radius 1 is 1.26 bits per heavy atom. The van der Waals surface area contributed by atoms with Crippen molar-refractivity contribution in [3.8, 4) is 5.75 Å². The van der Waals surface area contributed by atoms with E-state index in [1.165, 1.54) is 21.3 Å². The number of halogens is 1. The maximum Gasteiger partial charge on any atom is 0.338 e. The second-order valence-corrected chi connectivity index (χ2v) is 4.70. The van der Waals surface area contributed by atoms with Crippen molar-refractivity contribution >= 4 is 21.9 Å². The molecule has 0 atom stereocenters. The fraction of sp³-hybridized carbons (Fsp3) is 0.462. The maximum atomic E-state index is 11.6. The molecule has 0 amide bonds. The molecule has 5 nitrogen and oxygen atoms in total. The Balaban J connectivity index is 2.95. The number of hydrogen-bond donors (Lipinski definition) is 0. The number of methoxy groups -OCH3 is 3. The number of esters is 1. The van der Waals surface area contributed by atoms with Crippen LogP contribution < -0.4 is 4.74 Å². The van der Waals surface area contributed by atoms with E-state index in [2.05, 4.69) is 15.9 Å². The first-order valence-corrected chi connectivity index (χ1v) is 6.39. The van der Waals surface area contributed by atoms with Crippen LogP contribution in [0.25, 0.3) is 0 Å². The molecule has 0 unspecified atom stereocenters. The van der Waals surface area contributed by atoms with Crippen molar-refractivity contribution in [3.63, 3.8) is 0 Å². The van der Waals surface area contributed by atoms with Crippen LogP contribution in [-0.2, 0) is 14.2 Å². The molecule has 0 aliphatic carbocycles. The van der Waals surface area contributed by atoms with Gasteiger partial charge < -0.3 is 18.9 Å². The quantitative estimate of drug-likeness (QED) is 0.592. The number of ether oxygens (including phenoxy) is 4. The highest BCUT2D eigenvalue weighted by atomic mass is 79.9. The SMILES string of the molecule is COC(=O)c1cc(Br)cc(OCC(OC)OC)c1C. The molecule has 0 fully saturated rings. The summed E-state index contributed by atoms with van der Waals surface area (Å²) in [5, 5.41) is 0. The van der Waals surface area contributed by atoms with Gasteiger partial charge in [0.15, 0.2) is 6.29 Å². The van der Waals surface area contributed by atoms with Crippen LogP contribution in [0.3, 0.4) is 0 Å². The lowest BCUT2D eigenvalue weighted by atomic mass is 10.1. The Morgan fingerprint density at radius 3 is 2.42 bits per heavy atom. The summed E-state index contributed by atoms with van der Waals surface area (Å²) < 4.78 is 21.2. The van der Waals surface area contributed by atoms with E-state index < -0.39 is 12.3 Å². The number of carbonyl (C=O) groups excluding carboxylic acids is 1. The predicted molar refractivity (Wildman–Crippen MR) is 73.5 cm³/mol. The summed E-state index contributed by atoms with van der Waals surface area (Å²) in [5.74, 6) is 0.174. The van der Waals surface area contributed by atoms with Gasteiger partial charge in [-0.3, -0.25) is 0 Å². The molecule has 0 heterocycles. The maximum absolute atomic E-state index is 11.6. The average molecular weight is 333 g/mol. The molecular weight excluding hydrogens is 316 g/mol. The summed E-state index contributed by atoms with van der Waals surface area (Å²) in [4.78, 5) is 11.6. The van der Waals surface area contributed by atoms with Crippen LogP contribution in [0.1, 0.15) is 15.9 Å². The average Bonchev–Trinajstić information content (AvgIpc) is 2.42. The third-order valence-corrected chi connectivity index (χ3v) is 3.09. The van der Waals surface area contributed by atoms with E-state index in [1.54, 1.807) is 19.1 Å². The van der Waals surface area contributed by atoms with E-state index in [0.717, 1.165) is 4.47 Å². The number of benzene rings is 1. The van der Waals surface area contributed by atoms with Crippen LogP contribution in [0.5, 0.6) is 5.75 Å². The molecule has 0 aliphatic heterocycles. The molecule has 6 heteroatoms. The zero-order chi connectivity index (χ0) is 14.4. The van der Waals surface area contributed by atoms with E-state index in [4.69, 9.17) is 18.9 Å². The molecule has 1 aromatic carbocycles. The van der Waals surface area contributed by atoms with Gasteiger partial charge in [0, 0.05) is 24.3 Å². The van der Waals surface area contributed by atoms with E-state index in [0.29, 0.717) is 16.9 Å². The highest BCUT2D eigenvalue weighted by molar-refractivity contribution is 9.10. The van der Waals surface area contributed by atoms with Crippen LogP contribution in [0.15, 0.2) is 16.6 Å². The Kier molecular flexibility index (Phi) is 6.27. The third-order valence-electron chi connectivity index (χ3n) is 2.63. The minimum Gasteiger partial charge on any atom is -0.488 e. The second kappa shape index (κ2) is 7.47. The van der Waals surface area contributed by atoms with Gasteiger partial charge in [0.2, 0.25) is 0 Å². The first-order chi connectivity index (χ1) is 9.03. The molecule has 106 valence electrons. The third kappa shape index (κ3) is 4.19. The first kappa shape index (κ1) is 15.9. The van der Waals surface area contributed by atoms with Crippen molar-refractivity contribution in [1.82, 2.24) is 0 Å². The second-order valence-electron chi connectivity index (χ2n) is 3.78. The molecule has 0 spiro atoms. The number of hydrogen-bond acceptors (Lipinski definition) is 5. The predicted octanol–water partition coefficient (Wildman–Crippen LogP) is 2.54. The molecule has 0 aliphatic rings. The van der Waals surface area contributed by atoms with Crippen LogP contribution >= 0.6 is 15.9 Å². The molecule has 0 saturated heterocycles. The standard InChI is InChI=1S/C13H17BrO5/c1-8-10(13(15)18-4)5-9(14)6-11(8)19-7-12(16-2)17-3/h5-6,12H,7H2,1-4H3. The molecule has 0 saturated carbocycles. The lowest BCUT2D eigenvalue weighted by Crippen LogP contribution is -2.22. The molecule has 19 heavy (non-hydrogen) atoms. The van der Waals surface area contributed by atoms with Gasteiger partial charge in [-0.1, -0.05) is 15.9 Å². The molecule has 1 aromatic rings. The fourth-order valence-corrected chi connectivity index (χ4v) is 1.95. The van der Waals surface area contributed by atoms with Crippen LogP contribution in [0.4, 0.5) is 0 Å². The normalized spacial score (nSPS) is 10.6. The largest absolute Gasteiger partial charge is 0.488 e. The Labute approximate surface area is 120 Å². The molecule has 0 aromatic heterocycles. The molecule has 0 radical (unpaired) electrons. The Bertz CT molecular complexity index is 443. The number of carbonyl (C=O) groups is 1. The minimum absolute atomic E-state index is 0.227. The summed E-state index contributed by atoms with van der Waals surface area (Å²) in [6.45, 7) is 2.02. The van der Waals surface area contributed by atoms with Crippen molar-refractivity contribution in [2.24, 2.45) is 0 Å². The summed E-state index contributed by atoms with van der Waals surface area (Å²) in [5.41, 5.74) is 1.17. The fourth-order valence-electron chi connectivity index (χ4n) is 1.52. The molecule has 1 rings (SSSR count). The Hall–Kier alpha value is -1.11. The van der Waals surface area contributed by atoms with Gasteiger partial charge in [-0.2, -0.15) is 0 Å². The monoisotopic (exact) mass is 332 g/mol. The van der Waals surface area contributed by atoms with E-state index in [1.807, 2.05) is 0 Å². The summed E-state index contributed by atoms with van der Waals surface area (Å²) >= 11 is 3.34. The van der Waals surface area contributed by atoms with Crippen molar-refractivity contribution in [2.75, 3.05) is 27.9 Å². The minimum atomic E-state index is -0.458. The van der Waals surface area contributed by atoms with E-state index in [9.17, 15) is 4.79 Å². The molecule has 0 N–H and O–H groups in total. The van der Waals surface area contributed by atoms with Crippen LogP contribution in [0, 0.1) is 6.92 Å². The Morgan fingerprint density at radius 2 is 1.89 bits per heavy atom. The molecule has 0 bridgehead atoms. The van der Waals surface area contributed by atoms with Gasteiger partial charge in [0.1, 0.15) is 12.4 Å². The highest BCUT2D eigenvalue weighted by Crippen LogP contribution is 2.27. The topological polar surface area (TPSA) is 54.0 Å².